The lowest BCUT2D eigenvalue weighted by Gasteiger charge is -2.30. The number of rotatable bonds is 1. The van der Waals surface area contributed by atoms with Crippen molar-refractivity contribution in [1.82, 2.24) is 0 Å². The fraction of sp³-hybridized carbons (Fsp3) is 1.00. The Morgan fingerprint density at radius 2 is 2.14 bits per heavy atom. The molecule has 0 radical (unpaired) electrons. The van der Waals surface area contributed by atoms with Crippen LogP contribution in [0.5, 0.6) is 0 Å². The van der Waals surface area contributed by atoms with E-state index in [4.69, 9.17) is 10.8 Å². The van der Waals surface area contributed by atoms with Gasteiger partial charge >= 0.3 is 0 Å². The molecular formula is C5H11NO. The lowest BCUT2D eigenvalue weighted by Crippen LogP contribution is -2.37. The standard InChI is InChI=1S/C5H11NO/c6-5-1-4(2-5)3-7/h4-5,7H,1-3,6H2. The van der Waals surface area contributed by atoms with Gasteiger partial charge in [0.05, 0.1) is 0 Å². The second-order valence-electron chi connectivity index (χ2n) is 2.28. The predicted octanol–water partition coefficient (Wildman–Crippen LogP) is -0.284. The van der Waals surface area contributed by atoms with E-state index in [-0.39, 0.29) is 0 Å². The van der Waals surface area contributed by atoms with Crippen molar-refractivity contribution in [3.63, 3.8) is 0 Å². The van der Waals surface area contributed by atoms with E-state index in [1.807, 2.05) is 0 Å². The lowest BCUT2D eigenvalue weighted by atomic mass is 9.82. The summed E-state index contributed by atoms with van der Waals surface area (Å²) in [5.74, 6) is 0.523. The van der Waals surface area contributed by atoms with Crippen LogP contribution in [-0.4, -0.2) is 17.8 Å². The molecule has 2 heteroatoms. The highest BCUT2D eigenvalue weighted by Gasteiger charge is 2.24. The zero-order valence-electron chi connectivity index (χ0n) is 4.30. The van der Waals surface area contributed by atoms with Crippen molar-refractivity contribution in [2.75, 3.05) is 6.61 Å². The van der Waals surface area contributed by atoms with Crippen LogP contribution in [0.25, 0.3) is 0 Å². The number of aliphatic hydroxyl groups is 1. The van der Waals surface area contributed by atoms with Gasteiger partial charge in [-0.15, -0.1) is 0 Å². The van der Waals surface area contributed by atoms with Gasteiger partial charge in [0.2, 0.25) is 0 Å². The highest BCUT2D eigenvalue weighted by Crippen LogP contribution is 2.23. The van der Waals surface area contributed by atoms with Crippen molar-refractivity contribution in [2.24, 2.45) is 11.7 Å². The van der Waals surface area contributed by atoms with E-state index in [0.717, 1.165) is 12.8 Å². The van der Waals surface area contributed by atoms with E-state index in [2.05, 4.69) is 0 Å². The maximum Gasteiger partial charge on any atom is 0.0460 e. The quantitative estimate of drug-likeness (QED) is 0.477. The fourth-order valence-corrected chi connectivity index (χ4v) is 0.936. The van der Waals surface area contributed by atoms with Crippen molar-refractivity contribution in [1.29, 1.82) is 0 Å². The normalized spacial score (nSPS) is 40.3. The van der Waals surface area contributed by atoms with Gasteiger partial charge in [-0.05, 0) is 18.8 Å². The lowest BCUT2D eigenvalue weighted by molar-refractivity contribution is 0.144. The van der Waals surface area contributed by atoms with Gasteiger partial charge in [-0.1, -0.05) is 0 Å². The van der Waals surface area contributed by atoms with Crippen LogP contribution in [0.3, 0.4) is 0 Å². The molecule has 1 aliphatic carbocycles. The van der Waals surface area contributed by atoms with Crippen LogP contribution >= 0.6 is 0 Å². The van der Waals surface area contributed by atoms with Crippen molar-refractivity contribution < 1.29 is 5.11 Å². The van der Waals surface area contributed by atoms with Gasteiger partial charge < -0.3 is 10.8 Å². The molecule has 0 heterocycles. The first-order valence-electron chi connectivity index (χ1n) is 2.69. The largest absolute Gasteiger partial charge is 0.396 e. The van der Waals surface area contributed by atoms with Gasteiger partial charge in [0, 0.05) is 12.6 Å². The zero-order valence-corrected chi connectivity index (χ0v) is 4.30. The second kappa shape index (κ2) is 1.80. The van der Waals surface area contributed by atoms with E-state index in [1.165, 1.54) is 0 Å². The van der Waals surface area contributed by atoms with Crippen molar-refractivity contribution in [2.45, 2.75) is 18.9 Å². The molecule has 0 bridgehead atoms. The van der Waals surface area contributed by atoms with Crippen LogP contribution in [0.4, 0.5) is 0 Å². The Labute approximate surface area is 43.3 Å². The van der Waals surface area contributed by atoms with Crippen molar-refractivity contribution in [3.8, 4) is 0 Å². The first kappa shape index (κ1) is 5.06. The predicted molar refractivity (Wildman–Crippen MR) is 27.8 cm³/mol. The van der Waals surface area contributed by atoms with E-state index in [9.17, 15) is 0 Å². The topological polar surface area (TPSA) is 46.2 Å². The monoisotopic (exact) mass is 101 g/mol. The number of aliphatic hydroxyl groups excluding tert-OH is 1. The minimum absolute atomic E-state index is 0.327. The molecule has 0 amide bonds. The molecule has 0 aromatic rings. The van der Waals surface area contributed by atoms with E-state index in [1.54, 1.807) is 0 Å². The Hall–Kier alpha value is -0.0800. The Balaban J connectivity index is 2.06. The van der Waals surface area contributed by atoms with E-state index >= 15 is 0 Å². The molecule has 0 atom stereocenters. The number of hydrogen-bond donors (Lipinski definition) is 2. The minimum atomic E-state index is 0.327. The summed E-state index contributed by atoms with van der Waals surface area (Å²) in [6.45, 7) is 0.327. The molecule has 0 aromatic heterocycles. The molecule has 7 heavy (non-hydrogen) atoms. The first-order valence-corrected chi connectivity index (χ1v) is 2.69. The molecule has 42 valence electrons. The second-order valence-corrected chi connectivity index (χ2v) is 2.28. The van der Waals surface area contributed by atoms with E-state index < -0.39 is 0 Å². The maximum absolute atomic E-state index is 8.45. The van der Waals surface area contributed by atoms with Gasteiger partial charge in [-0.2, -0.15) is 0 Å². The molecule has 2 nitrogen and oxygen atoms in total. The number of hydrogen-bond acceptors (Lipinski definition) is 2. The smallest absolute Gasteiger partial charge is 0.0460 e. The fourth-order valence-electron chi connectivity index (χ4n) is 0.936. The Kier molecular flexibility index (Phi) is 1.30. The van der Waals surface area contributed by atoms with Crippen molar-refractivity contribution in [3.05, 3.63) is 0 Å². The van der Waals surface area contributed by atoms with Gasteiger partial charge in [0.15, 0.2) is 0 Å². The summed E-state index contributed by atoms with van der Waals surface area (Å²) >= 11 is 0. The average molecular weight is 101 g/mol. The highest BCUT2D eigenvalue weighted by molar-refractivity contribution is 4.80. The number of nitrogens with two attached hydrogens (primary N) is 1. The summed E-state index contributed by atoms with van der Waals surface area (Å²) in [7, 11) is 0. The summed E-state index contributed by atoms with van der Waals surface area (Å²) in [5.41, 5.74) is 5.43. The zero-order chi connectivity index (χ0) is 5.28. The third-order valence-corrected chi connectivity index (χ3v) is 1.53. The van der Waals surface area contributed by atoms with Gasteiger partial charge in [-0.25, -0.2) is 0 Å². The third-order valence-electron chi connectivity index (χ3n) is 1.53. The molecular weight excluding hydrogens is 90.1 g/mol. The van der Waals surface area contributed by atoms with Crippen LogP contribution in [0.15, 0.2) is 0 Å². The Morgan fingerprint density at radius 3 is 2.29 bits per heavy atom. The minimum Gasteiger partial charge on any atom is -0.396 e. The van der Waals surface area contributed by atoms with Crippen molar-refractivity contribution >= 4 is 0 Å². The van der Waals surface area contributed by atoms with Crippen LogP contribution in [0, 0.1) is 5.92 Å². The molecule has 1 fully saturated rings. The summed E-state index contributed by atoms with van der Waals surface area (Å²) in [5, 5.41) is 8.45. The van der Waals surface area contributed by atoms with Crippen LogP contribution in [-0.2, 0) is 0 Å². The maximum atomic E-state index is 8.45. The molecule has 3 N–H and O–H groups in total. The SMILES string of the molecule is NC1CC(CO)C1. The first-order chi connectivity index (χ1) is 3.33. The van der Waals surface area contributed by atoms with Gasteiger partial charge in [0.1, 0.15) is 0 Å². The molecule has 0 aliphatic heterocycles. The van der Waals surface area contributed by atoms with Crippen LogP contribution in [0.2, 0.25) is 0 Å². The summed E-state index contributed by atoms with van der Waals surface area (Å²) in [6, 6.07) is 0.386. The van der Waals surface area contributed by atoms with Crippen LogP contribution in [0.1, 0.15) is 12.8 Å². The Morgan fingerprint density at radius 1 is 1.57 bits per heavy atom. The highest BCUT2D eigenvalue weighted by atomic mass is 16.3. The molecule has 1 aliphatic rings. The van der Waals surface area contributed by atoms with E-state index in [0.29, 0.717) is 18.6 Å². The average Bonchev–Trinajstić information content (AvgIpc) is 1.58. The molecule has 0 saturated heterocycles. The molecule has 1 saturated carbocycles. The summed E-state index contributed by atoms with van der Waals surface area (Å²) in [6.07, 6.45) is 2.05. The van der Waals surface area contributed by atoms with Gasteiger partial charge in [-0.3, -0.25) is 0 Å². The van der Waals surface area contributed by atoms with Gasteiger partial charge in [0.25, 0.3) is 0 Å². The summed E-state index contributed by atoms with van der Waals surface area (Å²) in [4.78, 5) is 0. The Bertz CT molecular complexity index is 59.1. The summed E-state index contributed by atoms with van der Waals surface area (Å²) < 4.78 is 0. The molecule has 0 unspecified atom stereocenters. The van der Waals surface area contributed by atoms with Crippen LogP contribution < -0.4 is 5.73 Å². The third kappa shape index (κ3) is 0.924. The molecule has 0 aromatic carbocycles. The molecule has 0 spiro atoms. The molecule has 1 rings (SSSR count).